The van der Waals surface area contributed by atoms with Crippen molar-refractivity contribution in [1.29, 1.82) is 0 Å². The summed E-state index contributed by atoms with van der Waals surface area (Å²) in [6.45, 7) is 1.94. The molecule has 1 aromatic heterocycles. The summed E-state index contributed by atoms with van der Waals surface area (Å²) < 4.78 is 10.6. The molecule has 0 saturated heterocycles. The van der Waals surface area contributed by atoms with E-state index < -0.39 is 0 Å². The first-order chi connectivity index (χ1) is 11.6. The van der Waals surface area contributed by atoms with Gasteiger partial charge in [0.05, 0.1) is 20.3 Å². The molecule has 0 unspecified atom stereocenters. The third kappa shape index (κ3) is 3.09. The van der Waals surface area contributed by atoms with Crippen molar-refractivity contribution in [1.82, 2.24) is 15.5 Å². The van der Waals surface area contributed by atoms with Gasteiger partial charge in [0.2, 0.25) is 0 Å². The third-order valence-electron chi connectivity index (χ3n) is 4.53. The largest absolute Gasteiger partial charge is 0.493 e. The molecule has 1 amide bonds. The van der Waals surface area contributed by atoms with E-state index in [-0.39, 0.29) is 11.9 Å². The predicted molar refractivity (Wildman–Crippen MR) is 90.7 cm³/mol. The van der Waals surface area contributed by atoms with Crippen molar-refractivity contribution >= 4 is 5.91 Å². The maximum Gasteiger partial charge on any atom is 0.272 e. The summed E-state index contributed by atoms with van der Waals surface area (Å²) in [5.74, 6) is 1.17. The fourth-order valence-electron chi connectivity index (χ4n) is 3.14. The summed E-state index contributed by atoms with van der Waals surface area (Å²) in [7, 11) is 3.20. The van der Waals surface area contributed by atoms with Crippen LogP contribution >= 0.6 is 0 Å². The molecule has 0 saturated carbocycles. The number of ether oxygens (including phenoxy) is 2. The second-order valence-corrected chi connectivity index (χ2v) is 6.05. The Bertz CT molecular complexity index is 739. The second-order valence-electron chi connectivity index (χ2n) is 6.05. The minimum atomic E-state index is -0.159. The molecule has 1 heterocycles. The second kappa shape index (κ2) is 6.95. The quantitative estimate of drug-likeness (QED) is 0.884. The van der Waals surface area contributed by atoms with Crippen molar-refractivity contribution in [3.8, 4) is 11.5 Å². The maximum atomic E-state index is 12.6. The van der Waals surface area contributed by atoms with Gasteiger partial charge in [0.15, 0.2) is 17.2 Å². The number of aromatic amines is 1. The van der Waals surface area contributed by atoms with Crippen LogP contribution in [0.1, 0.15) is 53.1 Å². The Morgan fingerprint density at radius 2 is 1.96 bits per heavy atom. The lowest BCUT2D eigenvalue weighted by atomic mass is 9.95. The highest BCUT2D eigenvalue weighted by Gasteiger charge is 2.23. The van der Waals surface area contributed by atoms with E-state index in [9.17, 15) is 4.79 Å². The number of amides is 1. The van der Waals surface area contributed by atoms with E-state index in [2.05, 4.69) is 15.5 Å². The first-order valence-corrected chi connectivity index (χ1v) is 8.23. The number of hydrogen-bond donors (Lipinski definition) is 2. The van der Waals surface area contributed by atoms with Crippen LogP contribution < -0.4 is 14.8 Å². The number of aromatic nitrogens is 2. The molecule has 0 aliphatic heterocycles. The van der Waals surface area contributed by atoms with Crippen molar-refractivity contribution < 1.29 is 14.3 Å². The smallest absolute Gasteiger partial charge is 0.272 e. The van der Waals surface area contributed by atoms with E-state index in [4.69, 9.17) is 9.47 Å². The number of nitrogens with zero attached hydrogens (tertiary/aromatic N) is 1. The van der Waals surface area contributed by atoms with Crippen molar-refractivity contribution in [3.05, 3.63) is 40.7 Å². The standard InChI is InChI=1S/C18H23N3O3/c1-11(12-8-9-15(23-2)16(10-12)24-3)19-18(22)17-13-6-4-5-7-14(13)20-21-17/h8-11H,4-7H2,1-3H3,(H,19,22)(H,20,21)/t11-/m1/s1. The van der Waals surface area contributed by atoms with Crippen LogP contribution in [0, 0.1) is 0 Å². The summed E-state index contributed by atoms with van der Waals surface area (Å²) in [5.41, 5.74) is 3.64. The van der Waals surface area contributed by atoms with Crippen LogP contribution in [0.25, 0.3) is 0 Å². The van der Waals surface area contributed by atoms with Gasteiger partial charge in [-0.05, 0) is 50.3 Å². The molecule has 0 fully saturated rings. The lowest BCUT2D eigenvalue weighted by molar-refractivity contribution is 0.0933. The first-order valence-electron chi connectivity index (χ1n) is 8.23. The average molecular weight is 329 g/mol. The first kappa shape index (κ1) is 16.4. The molecule has 1 aliphatic carbocycles. The highest BCUT2D eigenvalue weighted by Crippen LogP contribution is 2.30. The number of methoxy groups -OCH3 is 2. The molecule has 6 heteroatoms. The minimum Gasteiger partial charge on any atom is -0.493 e. The lowest BCUT2D eigenvalue weighted by Crippen LogP contribution is -2.28. The van der Waals surface area contributed by atoms with E-state index in [1.165, 1.54) is 0 Å². The van der Waals surface area contributed by atoms with Gasteiger partial charge in [0, 0.05) is 11.3 Å². The SMILES string of the molecule is COc1ccc([C@@H](C)NC(=O)c2n[nH]c3c2CCCC3)cc1OC. The number of carbonyl (C=O) groups is 1. The van der Waals surface area contributed by atoms with Crippen LogP contribution in [0.15, 0.2) is 18.2 Å². The van der Waals surface area contributed by atoms with Crippen LogP contribution in [0.5, 0.6) is 11.5 Å². The molecule has 2 N–H and O–H groups in total. The fourth-order valence-corrected chi connectivity index (χ4v) is 3.14. The molecule has 128 valence electrons. The number of rotatable bonds is 5. The van der Waals surface area contributed by atoms with E-state index >= 15 is 0 Å². The molecular formula is C18H23N3O3. The molecule has 3 rings (SSSR count). The molecule has 1 aromatic carbocycles. The maximum absolute atomic E-state index is 12.6. The molecule has 0 bridgehead atoms. The van der Waals surface area contributed by atoms with Gasteiger partial charge in [0.1, 0.15) is 0 Å². The number of benzene rings is 1. The van der Waals surface area contributed by atoms with Crippen LogP contribution in [0.3, 0.4) is 0 Å². The van der Waals surface area contributed by atoms with Gasteiger partial charge in [-0.25, -0.2) is 0 Å². The van der Waals surface area contributed by atoms with Crippen molar-refractivity contribution in [2.45, 2.75) is 38.6 Å². The van der Waals surface area contributed by atoms with Gasteiger partial charge in [0.25, 0.3) is 5.91 Å². The Hall–Kier alpha value is -2.50. The van der Waals surface area contributed by atoms with Gasteiger partial charge in [-0.3, -0.25) is 9.89 Å². The minimum absolute atomic E-state index is 0.142. The van der Waals surface area contributed by atoms with Crippen LogP contribution in [-0.2, 0) is 12.8 Å². The number of nitrogens with one attached hydrogen (secondary N) is 2. The van der Waals surface area contributed by atoms with Gasteiger partial charge >= 0.3 is 0 Å². The van der Waals surface area contributed by atoms with Crippen LogP contribution in [0.2, 0.25) is 0 Å². The molecule has 24 heavy (non-hydrogen) atoms. The highest BCUT2D eigenvalue weighted by molar-refractivity contribution is 5.94. The normalized spacial score (nSPS) is 14.6. The van der Waals surface area contributed by atoms with Crippen molar-refractivity contribution in [3.63, 3.8) is 0 Å². The Morgan fingerprint density at radius 1 is 1.21 bits per heavy atom. The Kier molecular flexibility index (Phi) is 4.74. The molecule has 2 aromatic rings. The third-order valence-corrected chi connectivity index (χ3v) is 4.53. The fraction of sp³-hybridized carbons (Fsp3) is 0.444. The zero-order valence-electron chi connectivity index (χ0n) is 14.3. The molecule has 0 spiro atoms. The average Bonchev–Trinajstić information content (AvgIpc) is 3.05. The number of H-pyrrole nitrogens is 1. The molecule has 1 aliphatic rings. The Labute approximate surface area is 141 Å². The van der Waals surface area contributed by atoms with E-state index in [1.807, 2.05) is 25.1 Å². The highest BCUT2D eigenvalue weighted by atomic mass is 16.5. The summed E-state index contributed by atoms with van der Waals surface area (Å²) in [6.07, 6.45) is 4.15. The molecular weight excluding hydrogens is 306 g/mol. The number of hydrogen-bond acceptors (Lipinski definition) is 4. The van der Waals surface area contributed by atoms with Gasteiger partial charge < -0.3 is 14.8 Å². The Morgan fingerprint density at radius 3 is 2.71 bits per heavy atom. The van der Waals surface area contributed by atoms with Gasteiger partial charge in [-0.15, -0.1) is 0 Å². The molecule has 1 atom stereocenters. The van der Waals surface area contributed by atoms with E-state index in [1.54, 1.807) is 14.2 Å². The van der Waals surface area contributed by atoms with Gasteiger partial charge in [-0.2, -0.15) is 5.10 Å². The molecule has 0 radical (unpaired) electrons. The number of carbonyl (C=O) groups excluding carboxylic acids is 1. The monoisotopic (exact) mass is 329 g/mol. The zero-order chi connectivity index (χ0) is 17.1. The van der Waals surface area contributed by atoms with Crippen LogP contribution in [-0.4, -0.2) is 30.3 Å². The molecule has 6 nitrogen and oxygen atoms in total. The van der Waals surface area contributed by atoms with E-state index in [0.29, 0.717) is 17.2 Å². The summed E-state index contributed by atoms with van der Waals surface area (Å²) in [5, 5.41) is 10.2. The van der Waals surface area contributed by atoms with E-state index in [0.717, 1.165) is 42.5 Å². The van der Waals surface area contributed by atoms with Crippen molar-refractivity contribution in [2.24, 2.45) is 0 Å². The summed E-state index contributed by atoms with van der Waals surface area (Å²) in [6, 6.07) is 5.48. The lowest BCUT2D eigenvalue weighted by Gasteiger charge is -2.17. The zero-order valence-corrected chi connectivity index (χ0v) is 14.3. The summed E-state index contributed by atoms with van der Waals surface area (Å²) >= 11 is 0. The van der Waals surface area contributed by atoms with Crippen molar-refractivity contribution in [2.75, 3.05) is 14.2 Å². The van der Waals surface area contributed by atoms with Gasteiger partial charge in [-0.1, -0.05) is 6.07 Å². The predicted octanol–water partition coefficient (Wildman–Crippen LogP) is 2.80. The topological polar surface area (TPSA) is 76.2 Å². The summed E-state index contributed by atoms with van der Waals surface area (Å²) in [4.78, 5) is 12.6. The number of aryl methyl sites for hydroxylation is 1. The number of fused-ring (bicyclic) bond motifs is 1. The van der Waals surface area contributed by atoms with Crippen LogP contribution in [0.4, 0.5) is 0 Å². The Balaban J connectivity index is 1.76.